The van der Waals surface area contributed by atoms with Gasteiger partial charge in [-0.3, -0.25) is 9.69 Å². The second-order valence-corrected chi connectivity index (χ2v) is 5.43. The van der Waals surface area contributed by atoms with Crippen molar-refractivity contribution < 1.29 is 14.6 Å². The number of carboxylic acids is 1. The van der Waals surface area contributed by atoms with Gasteiger partial charge < -0.3 is 9.84 Å². The summed E-state index contributed by atoms with van der Waals surface area (Å²) in [5.41, 5.74) is 1.09. The zero-order chi connectivity index (χ0) is 14.0. The minimum absolute atomic E-state index is 0.0566. The second kappa shape index (κ2) is 5.61. The standard InChI is InChI=1S/C15H21NO3/c1-10(2)16(8-14(17)18)15-11(3)9-19-13-7-5-4-6-12(13)15/h4-7,10-11,15H,8-9H2,1-3H3,(H,17,18). The van der Waals surface area contributed by atoms with E-state index in [2.05, 4.69) is 6.92 Å². The Balaban J connectivity index is 2.37. The minimum atomic E-state index is -0.787. The van der Waals surface area contributed by atoms with E-state index in [1.54, 1.807) is 0 Å². The molecule has 4 heteroatoms. The van der Waals surface area contributed by atoms with Crippen LogP contribution in [0.2, 0.25) is 0 Å². The van der Waals surface area contributed by atoms with Crippen LogP contribution in [0.25, 0.3) is 0 Å². The van der Waals surface area contributed by atoms with Crippen molar-refractivity contribution in [3.63, 3.8) is 0 Å². The SMILES string of the molecule is CC1COc2ccccc2C1N(CC(=O)O)C(C)C. The Morgan fingerprint density at radius 3 is 2.79 bits per heavy atom. The average molecular weight is 263 g/mol. The normalized spacial score (nSPS) is 22.2. The highest BCUT2D eigenvalue weighted by Gasteiger charge is 2.34. The molecule has 0 fully saturated rings. The second-order valence-electron chi connectivity index (χ2n) is 5.43. The van der Waals surface area contributed by atoms with Crippen LogP contribution in [0.3, 0.4) is 0 Å². The molecule has 0 saturated carbocycles. The van der Waals surface area contributed by atoms with Gasteiger partial charge in [-0.2, -0.15) is 0 Å². The number of hydrogen-bond acceptors (Lipinski definition) is 3. The molecule has 0 spiro atoms. The van der Waals surface area contributed by atoms with E-state index < -0.39 is 5.97 Å². The van der Waals surface area contributed by atoms with Crippen molar-refractivity contribution in [2.45, 2.75) is 32.9 Å². The van der Waals surface area contributed by atoms with Crippen molar-refractivity contribution in [1.29, 1.82) is 0 Å². The maximum Gasteiger partial charge on any atom is 0.317 e. The third-order valence-corrected chi connectivity index (χ3v) is 3.62. The molecular weight excluding hydrogens is 242 g/mol. The number of nitrogens with zero attached hydrogens (tertiary/aromatic N) is 1. The summed E-state index contributed by atoms with van der Waals surface area (Å²) in [6, 6.07) is 8.19. The lowest BCUT2D eigenvalue weighted by Gasteiger charge is -2.41. The van der Waals surface area contributed by atoms with Gasteiger partial charge in [0, 0.05) is 23.6 Å². The number of aliphatic carboxylic acids is 1. The molecule has 2 rings (SSSR count). The van der Waals surface area contributed by atoms with Crippen LogP contribution < -0.4 is 4.74 Å². The van der Waals surface area contributed by atoms with Crippen molar-refractivity contribution in [3.05, 3.63) is 29.8 Å². The fourth-order valence-corrected chi connectivity index (χ4v) is 2.74. The summed E-state index contributed by atoms with van der Waals surface area (Å²) in [5, 5.41) is 9.12. The predicted molar refractivity (Wildman–Crippen MR) is 73.3 cm³/mol. The summed E-state index contributed by atoms with van der Waals surface area (Å²) in [7, 11) is 0. The molecule has 0 saturated heterocycles. The summed E-state index contributed by atoms with van der Waals surface area (Å²) >= 11 is 0. The summed E-state index contributed by atoms with van der Waals surface area (Å²) < 4.78 is 5.73. The molecule has 2 unspecified atom stereocenters. The summed E-state index contributed by atoms with van der Waals surface area (Å²) in [6.07, 6.45) is 0. The number of fused-ring (bicyclic) bond motifs is 1. The Kier molecular flexibility index (Phi) is 4.10. The van der Waals surface area contributed by atoms with Crippen LogP contribution in [0.15, 0.2) is 24.3 Å². The largest absolute Gasteiger partial charge is 0.493 e. The first-order valence-corrected chi connectivity index (χ1v) is 6.70. The van der Waals surface area contributed by atoms with Crippen molar-refractivity contribution in [1.82, 2.24) is 4.90 Å². The highest BCUT2D eigenvalue weighted by Crippen LogP contribution is 2.39. The van der Waals surface area contributed by atoms with Gasteiger partial charge in [0.1, 0.15) is 5.75 Å². The third-order valence-electron chi connectivity index (χ3n) is 3.62. The van der Waals surface area contributed by atoms with E-state index in [1.165, 1.54) is 0 Å². The van der Waals surface area contributed by atoms with Crippen molar-refractivity contribution >= 4 is 5.97 Å². The Morgan fingerprint density at radius 2 is 2.16 bits per heavy atom. The molecule has 1 aliphatic heterocycles. The third kappa shape index (κ3) is 2.89. The molecule has 1 N–H and O–H groups in total. The van der Waals surface area contributed by atoms with Crippen molar-refractivity contribution in [3.8, 4) is 5.75 Å². The number of benzene rings is 1. The van der Waals surface area contributed by atoms with E-state index in [9.17, 15) is 4.79 Å². The molecule has 19 heavy (non-hydrogen) atoms. The lowest BCUT2D eigenvalue weighted by Crippen LogP contribution is -2.44. The van der Waals surface area contributed by atoms with Gasteiger partial charge in [0.15, 0.2) is 0 Å². The van der Waals surface area contributed by atoms with Crippen LogP contribution in [0.1, 0.15) is 32.4 Å². The maximum atomic E-state index is 11.1. The molecule has 1 aromatic carbocycles. The number of hydrogen-bond donors (Lipinski definition) is 1. The van der Waals surface area contributed by atoms with Crippen LogP contribution in [0.4, 0.5) is 0 Å². The highest BCUT2D eigenvalue weighted by atomic mass is 16.5. The number of carboxylic acid groups (broad SMARTS) is 1. The zero-order valence-electron chi connectivity index (χ0n) is 11.7. The molecule has 2 atom stereocenters. The molecule has 1 aromatic rings. The average Bonchev–Trinajstić information content (AvgIpc) is 2.36. The van der Waals surface area contributed by atoms with E-state index in [0.717, 1.165) is 11.3 Å². The predicted octanol–water partition coefficient (Wildman–Crippen LogP) is 2.55. The van der Waals surface area contributed by atoms with Crippen LogP contribution in [0, 0.1) is 5.92 Å². The van der Waals surface area contributed by atoms with Gasteiger partial charge in [-0.15, -0.1) is 0 Å². The van der Waals surface area contributed by atoms with Crippen LogP contribution in [0.5, 0.6) is 5.75 Å². The lowest BCUT2D eigenvalue weighted by atomic mass is 9.89. The zero-order valence-corrected chi connectivity index (χ0v) is 11.7. The van der Waals surface area contributed by atoms with Gasteiger partial charge >= 0.3 is 5.97 Å². The Hall–Kier alpha value is -1.55. The monoisotopic (exact) mass is 263 g/mol. The number of para-hydroxylation sites is 1. The first-order valence-electron chi connectivity index (χ1n) is 6.70. The Bertz CT molecular complexity index is 458. The minimum Gasteiger partial charge on any atom is -0.493 e. The molecule has 0 amide bonds. The van der Waals surface area contributed by atoms with Gasteiger partial charge in [0.25, 0.3) is 0 Å². The highest BCUT2D eigenvalue weighted by molar-refractivity contribution is 5.69. The van der Waals surface area contributed by atoms with Crippen LogP contribution in [-0.4, -0.2) is 35.2 Å². The van der Waals surface area contributed by atoms with Gasteiger partial charge in [0.2, 0.25) is 0 Å². The molecule has 1 heterocycles. The quantitative estimate of drug-likeness (QED) is 0.907. The molecule has 0 aromatic heterocycles. The summed E-state index contributed by atoms with van der Waals surface area (Å²) in [4.78, 5) is 13.1. The van der Waals surface area contributed by atoms with Gasteiger partial charge in [-0.25, -0.2) is 0 Å². The van der Waals surface area contributed by atoms with E-state index in [0.29, 0.717) is 6.61 Å². The number of rotatable bonds is 4. The van der Waals surface area contributed by atoms with Gasteiger partial charge in [0.05, 0.1) is 13.2 Å². The Morgan fingerprint density at radius 1 is 1.47 bits per heavy atom. The number of carbonyl (C=O) groups is 1. The van der Waals surface area contributed by atoms with E-state index in [-0.39, 0.29) is 24.5 Å². The first-order chi connectivity index (χ1) is 9.00. The molecule has 1 aliphatic rings. The van der Waals surface area contributed by atoms with Crippen molar-refractivity contribution in [2.75, 3.05) is 13.2 Å². The molecule has 104 valence electrons. The van der Waals surface area contributed by atoms with E-state index in [4.69, 9.17) is 9.84 Å². The molecule has 4 nitrogen and oxygen atoms in total. The molecule has 0 radical (unpaired) electrons. The molecule has 0 bridgehead atoms. The topological polar surface area (TPSA) is 49.8 Å². The first kappa shape index (κ1) is 13.9. The van der Waals surface area contributed by atoms with Gasteiger partial charge in [-0.05, 0) is 19.9 Å². The van der Waals surface area contributed by atoms with E-state index in [1.807, 2.05) is 43.0 Å². The maximum absolute atomic E-state index is 11.1. The molecule has 0 aliphatic carbocycles. The number of ether oxygens (including phenoxy) is 1. The fraction of sp³-hybridized carbons (Fsp3) is 0.533. The Labute approximate surface area is 114 Å². The van der Waals surface area contributed by atoms with E-state index >= 15 is 0 Å². The smallest absolute Gasteiger partial charge is 0.317 e. The van der Waals surface area contributed by atoms with Crippen LogP contribution >= 0.6 is 0 Å². The summed E-state index contributed by atoms with van der Waals surface area (Å²) in [6.45, 7) is 6.87. The summed E-state index contributed by atoms with van der Waals surface area (Å²) in [5.74, 6) is 0.364. The molecular formula is C15H21NO3. The van der Waals surface area contributed by atoms with Crippen molar-refractivity contribution in [2.24, 2.45) is 5.92 Å². The van der Waals surface area contributed by atoms with Gasteiger partial charge in [-0.1, -0.05) is 25.1 Å². The van der Waals surface area contributed by atoms with Crippen LogP contribution in [-0.2, 0) is 4.79 Å². The lowest BCUT2D eigenvalue weighted by molar-refractivity contribution is -0.140. The fourth-order valence-electron chi connectivity index (χ4n) is 2.74.